The lowest BCUT2D eigenvalue weighted by atomic mass is 9.90. The number of nitriles is 1. The summed E-state index contributed by atoms with van der Waals surface area (Å²) in [5, 5.41) is 8.33. The Morgan fingerprint density at radius 2 is 2.06 bits per heavy atom. The number of hydrogen-bond donors (Lipinski definition) is 0. The molecular weight excluding hydrogens is 202 g/mol. The summed E-state index contributed by atoms with van der Waals surface area (Å²) in [5.74, 6) is -0.407. The predicted molar refractivity (Wildman–Crippen MR) is 59.0 cm³/mol. The fourth-order valence-corrected chi connectivity index (χ4v) is 2.04. The van der Waals surface area contributed by atoms with E-state index in [4.69, 9.17) is 10.00 Å². The monoisotopic (exact) mass is 215 g/mol. The number of benzene rings is 1. The summed E-state index contributed by atoms with van der Waals surface area (Å²) in [4.78, 5) is 11.5. The van der Waals surface area contributed by atoms with Crippen molar-refractivity contribution in [3.63, 3.8) is 0 Å². The number of ether oxygens (including phenoxy) is 1. The minimum absolute atomic E-state index is 0.185. The molecule has 0 aromatic heterocycles. The lowest BCUT2D eigenvalue weighted by Crippen LogP contribution is -2.08. The Kier molecular flexibility index (Phi) is 3.21. The van der Waals surface area contributed by atoms with Gasteiger partial charge in [-0.3, -0.25) is 0 Å². The molecule has 0 bridgehead atoms. The third kappa shape index (κ3) is 2.22. The average molecular weight is 215 g/mol. The molecule has 1 aromatic carbocycles. The number of carbonyl (C=O) groups excluding carboxylic acids is 1. The molecule has 0 fully saturated rings. The van der Waals surface area contributed by atoms with Gasteiger partial charge in [-0.15, -0.1) is 0 Å². The molecular formula is C13H13NO2. The van der Waals surface area contributed by atoms with E-state index in [9.17, 15) is 4.79 Å². The highest BCUT2D eigenvalue weighted by molar-refractivity contribution is 5.89. The van der Waals surface area contributed by atoms with Crippen molar-refractivity contribution < 1.29 is 9.53 Å². The molecule has 0 heterocycles. The number of fused-ring (bicyclic) bond motifs is 1. The maximum Gasteiger partial charge on any atom is 0.339 e. The quantitative estimate of drug-likeness (QED) is 0.711. The predicted octanol–water partition coefficient (Wildman–Crippen LogP) is 2.25. The van der Waals surface area contributed by atoms with Crippen LogP contribution in [0.3, 0.4) is 0 Å². The van der Waals surface area contributed by atoms with Gasteiger partial charge in [-0.25, -0.2) is 4.79 Å². The van der Waals surface area contributed by atoms with Gasteiger partial charge in [0.05, 0.1) is 5.56 Å². The Labute approximate surface area is 94.6 Å². The van der Waals surface area contributed by atoms with Gasteiger partial charge in [-0.05, 0) is 48.9 Å². The molecule has 0 atom stereocenters. The number of esters is 1. The van der Waals surface area contributed by atoms with Gasteiger partial charge in [-0.1, -0.05) is 6.07 Å². The summed E-state index contributed by atoms with van der Waals surface area (Å²) in [5.41, 5.74) is 3.14. The second kappa shape index (κ2) is 4.80. The van der Waals surface area contributed by atoms with E-state index in [0.29, 0.717) is 5.56 Å². The molecule has 0 aliphatic heterocycles. The lowest BCUT2D eigenvalue weighted by Gasteiger charge is -2.15. The third-order valence-corrected chi connectivity index (χ3v) is 2.85. The molecule has 1 aliphatic carbocycles. The summed E-state index contributed by atoms with van der Waals surface area (Å²) in [6.45, 7) is -0.185. The molecule has 0 unspecified atom stereocenters. The minimum atomic E-state index is -0.407. The maximum atomic E-state index is 11.5. The largest absolute Gasteiger partial charge is 0.447 e. The van der Waals surface area contributed by atoms with Gasteiger partial charge in [0.15, 0.2) is 6.61 Å². The Morgan fingerprint density at radius 3 is 2.81 bits per heavy atom. The van der Waals surface area contributed by atoms with Crippen LogP contribution < -0.4 is 0 Å². The molecule has 0 N–H and O–H groups in total. The zero-order chi connectivity index (χ0) is 11.4. The minimum Gasteiger partial charge on any atom is -0.447 e. The first-order chi connectivity index (χ1) is 7.81. The zero-order valence-corrected chi connectivity index (χ0v) is 9.03. The summed E-state index contributed by atoms with van der Waals surface area (Å²) >= 11 is 0. The molecule has 1 aromatic rings. The highest BCUT2D eigenvalue weighted by Gasteiger charge is 2.13. The van der Waals surface area contributed by atoms with Gasteiger partial charge in [0.2, 0.25) is 0 Å². The van der Waals surface area contributed by atoms with Crippen LogP contribution in [0.4, 0.5) is 0 Å². The topological polar surface area (TPSA) is 50.1 Å². The Hall–Kier alpha value is -1.82. The zero-order valence-electron chi connectivity index (χ0n) is 9.03. The summed E-state index contributed by atoms with van der Waals surface area (Å²) < 4.78 is 4.77. The maximum absolute atomic E-state index is 11.5. The second-order valence-corrected chi connectivity index (χ2v) is 3.92. The standard InChI is InChI=1S/C13H13NO2/c14-7-8-16-13(15)12-6-5-10-3-1-2-4-11(10)9-12/h5-6,9H,1-4,8H2. The van der Waals surface area contributed by atoms with Crippen molar-refractivity contribution in [1.82, 2.24) is 0 Å². The first kappa shape index (κ1) is 10.7. The van der Waals surface area contributed by atoms with Crippen LogP contribution in [0.25, 0.3) is 0 Å². The van der Waals surface area contributed by atoms with Gasteiger partial charge in [0, 0.05) is 0 Å². The van der Waals surface area contributed by atoms with Gasteiger partial charge < -0.3 is 4.74 Å². The van der Waals surface area contributed by atoms with Crippen molar-refractivity contribution in [3.05, 3.63) is 34.9 Å². The number of nitrogens with zero attached hydrogens (tertiary/aromatic N) is 1. The molecule has 0 saturated carbocycles. The highest BCUT2D eigenvalue weighted by Crippen LogP contribution is 2.22. The first-order valence-corrected chi connectivity index (χ1v) is 5.47. The highest BCUT2D eigenvalue weighted by atomic mass is 16.5. The van der Waals surface area contributed by atoms with E-state index in [1.54, 1.807) is 12.1 Å². The molecule has 0 saturated heterocycles. The molecule has 0 spiro atoms. The van der Waals surface area contributed by atoms with Gasteiger partial charge in [0.1, 0.15) is 6.07 Å². The van der Waals surface area contributed by atoms with E-state index in [1.165, 1.54) is 24.0 Å². The van der Waals surface area contributed by atoms with Crippen LogP contribution in [-0.2, 0) is 17.6 Å². The lowest BCUT2D eigenvalue weighted by molar-refractivity contribution is 0.0555. The van der Waals surface area contributed by atoms with Crippen LogP contribution in [0.1, 0.15) is 34.3 Å². The van der Waals surface area contributed by atoms with Crippen molar-refractivity contribution in [2.45, 2.75) is 25.7 Å². The molecule has 82 valence electrons. The van der Waals surface area contributed by atoms with E-state index in [2.05, 4.69) is 0 Å². The normalized spacial score (nSPS) is 13.7. The Bertz CT molecular complexity index is 446. The van der Waals surface area contributed by atoms with Gasteiger partial charge in [-0.2, -0.15) is 5.26 Å². The number of aryl methyl sites for hydroxylation is 2. The van der Waals surface area contributed by atoms with E-state index in [0.717, 1.165) is 12.8 Å². The van der Waals surface area contributed by atoms with Crippen LogP contribution in [-0.4, -0.2) is 12.6 Å². The number of carbonyl (C=O) groups is 1. The van der Waals surface area contributed by atoms with E-state index in [1.807, 2.05) is 12.1 Å². The Morgan fingerprint density at radius 1 is 1.31 bits per heavy atom. The van der Waals surface area contributed by atoms with Crippen molar-refractivity contribution in [2.75, 3.05) is 6.61 Å². The van der Waals surface area contributed by atoms with E-state index < -0.39 is 5.97 Å². The van der Waals surface area contributed by atoms with Crippen molar-refractivity contribution in [1.29, 1.82) is 5.26 Å². The fourth-order valence-electron chi connectivity index (χ4n) is 2.04. The summed E-state index contributed by atoms with van der Waals surface area (Å²) in [6, 6.07) is 7.46. The van der Waals surface area contributed by atoms with Crippen molar-refractivity contribution in [2.24, 2.45) is 0 Å². The summed E-state index contributed by atoms with van der Waals surface area (Å²) in [6.07, 6.45) is 4.55. The van der Waals surface area contributed by atoms with E-state index >= 15 is 0 Å². The fraction of sp³-hybridized carbons (Fsp3) is 0.385. The second-order valence-electron chi connectivity index (χ2n) is 3.92. The van der Waals surface area contributed by atoms with Crippen LogP contribution in [0, 0.1) is 11.3 Å². The molecule has 3 heteroatoms. The van der Waals surface area contributed by atoms with Gasteiger partial charge in [0.25, 0.3) is 0 Å². The third-order valence-electron chi connectivity index (χ3n) is 2.85. The van der Waals surface area contributed by atoms with Crippen LogP contribution in [0.2, 0.25) is 0 Å². The van der Waals surface area contributed by atoms with Crippen LogP contribution in [0.5, 0.6) is 0 Å². The first-order valence-electron chi connectivity index (χ1n) is 5.47. The Balaban J connectivity index is 2.17. The van der Waals surface area contributed by atoms with Crippen LogP contribution >= 0.6 is 0 Å². The molecule has 1 aliphatic rings. The smallest absolute Gasteiger partial charge is 0.339 e. The van der Waals surface area contributed by atoms with Crippen molar-refractivity contribution in [3.8, 4) is 6.07 Å². The van der Waals surface area contributed by atoms with Crippen molar-refractivity contribution >= 4 is 5.97 Å². The molecule has 3 nitrogen and oxygen atoms in total. The van der Waals surface area contributed by atoms with Gasteiger partial charge >= 0.3 is 5.97 Å². The molecule has 0 amide bonds. The summed E-state index contributed by atoms with van der Waals surface area (Å²) in [7, 11) is 0. The number of rotatable bonds is 2. The molecule has 16 heavy (non-hydrogen) atoms. The number of hydrogen-bond acceptors (Lipinski definition) is 3. The van der Waals surface area contributed by atoms with E-state index in [-0.39, 0.29) is 6.61 Å². The molecule has 0 radical (unpaired) electrons. The molecule has 2 rings (SSSR count). The van der Waals surface area contributed by atoms with Crippen LogP contribution in [0.15, 0.2) is 18.2 Å². The SMILES string of the molecule is N#CCOC(=O)c1ccc2c(c1)CCCC2. The average Bonchev–Trinajstić information content (AvgIpc) is 2.35.